The Labute approximate surface area is 93.5 Å². The fourth-order valence-corrected chi connectivity index (χ4v) is 1.73. The van der Waals surface area contributed by atoms with Crippen LogP contribution in [0.2, 0.25) is 0 Å². The van der Waals surface area contributed by atoms with Gasteiger partial charge < -0.3 is 16.0 Å². The predicted octanol–water partition coefficient (Wildman–Crippen LogP) is 0.0767. The average Bonchev–Trinajstić information content (AvgIpc) is 2.30. The van der Waals surface area contributed by atoms with Gasteiger partial charge in [-0.3, -0.25) is 4.79 Å². The molecule has 1 aliphatic rings. The highest BCUT2D eigenvalue weighted by Gasteiger charge is 2.18. The van der Waals surface area contributed by atoms with Gasteiger partial charge in [0.1, 0.15) is 0 Å². The molecule has 1 saturated heterocycles. The summed E-state index contributed by atoms with van der Waals surface area (Å²) < 4.78 is 0. The number of nitrogens with zero attached hydrogens (tertiary/aromatic N) is 2. The van der Waals surface area contributed by atoms with Crippen molar-refractivity contribution in [2.45, 2.75) is 0 Å². The molecule has 16 heavy (non-hydrogen) atoms. The molecular formula is C11H12N4O. The lowest BCUT2D eigenvalue weighted by molar-refractivity contribution is -0.120. The minimum Gasteiger partial charge on any atom is -0.397 e. The third-order valence-corrected chi connectivity index (χ3v) is 2.54. The molecule has 5 nitrogen and oxygen atoms in total. The fraction of sp³-hybridized carbons (Fsp3) is 0.273. The molecule has 1 amide bonds. The second-order valence-electron chi connectivity index (χ2n) is 3.66. The maximum Gasteiger partial charge on any atom is 0.239 e. The highest BCUT2D eigenvalue weighted by molar-refractivity contribution is 5.84. The molecule has 82 valence electrons. The second kappa shape index (κ2) is 4.11. The van der Waals surface area contributed by atoms with Crippen LogP contribution in [0.1, 0.15) is 5.56 Å². The van der Waals surface area contributed by atoms with Crippen LogP contribution in [0.15, 0.2) is 18.2 Å². The molecule has 0 aromatic heterocycles. The maximum atomic E-state index is 11.3. The Kier molecular flexibility index (Phi) is 2.64. The van der Waals surface area contributed by atoms with E-state index in [0.717, 1.165) is 5.69 Å². The number of hydrogen-bond acceptors (Lipinski definition) is 4. The molecule has 1 aromatic rings. The Morgan fingerprint density at radius 3 is 3.00 bits per heavy atom. The van der Waals surface area contributed by atoms with Crippen LogP contribution < -0.4 is 16.0 Å². The third-order valence-electron chi connectivity index (χ3n) is 2.54. The van der Waals surface area contributed by atoms with E-state index in [4.69, 9.17) is 11.0 Å². The SMILES string of the molecule is N#Cc1ccc(N)c(N2CCNC(=O)C2)c1. The third kappa shape index (κ3) is 1.91. The number of carbonyl (C=O) groups is 1. The van der Waals surface area contributed by atoms with Crippen molar-refractivity contribution < 1.29 is 4.79 Å². The molecule has 0 aliphatic carbocycles. The van der Waals surface area contributed by atoms with Crippen LogP contribution in [-0.4, -0.2) is 25.5 Å². The Morgan fingerprint density at radius 2 is 2.31 bits per heavy atom. The lowest BCUT2D eigenvalue weighted by atomic mass is 10.1. The van der Waals surface area contributed by atoms with Crippen LogP contribution in [-0.2, 0) is 4.79 Å². The number of rotatable bonds is 1. The molecule has 0 spiro atoms. The predicted molar refractivity (Wildman–Crippen MR) is 60.8 cm³/mol. The molecular weight excluding hydrogens is 204 g/mol. The van der Waals surface area contributed by atoms with E-state index in [1.807, 2.05) is 4.90 Å². The maximum absolute atomic E-state index is 11.3. The molecule has 2 rings (SSSR count). The van der Waals surface area contributed by atoms with Gasteiger partial charge in [-0.05, 0) is 18.2 Å². The summed E-state index contributed by atoms with van der Waals surface area (Å²) in [6.45, 7) is 1.61. The standard InChI is InChI=1S/C11H12N4O/c12-6-8-1-2-9(13)10(5-8)15-4-3-14-11(16)7-15/h1-2,5H,3-4,7,13H2,(H,14,16). The van der Waals surface area contributed by atoms with E-state index in [1.165, 1.54) is 0 Å². The molecule has 0 bridgehead atoms. The summed E-state index contributed by atoms with van der Waals surface area (Å²) in [4.78, 5) is 13.1. The minimum atomic E-state index is -0.0204. The highest BCUT2D eigenvalue weighted by atomic mass is 16.2. The van der Waals surface area contributed by atoms with E-state index >= 15 is 0 Å². The van der Waals surface area contributed by atoms with E-state index in [1.54, 1.807) is 18.2 Å². The van der Waals surface area contributed by atoms with Crippen LogP contribution in [0.3, 0.4) is 0 Å². The first-order valence-corrected chi connectivity index (χ1v) is 5.02. The van der Waals surface area contributed by atoms with Crippen molar-refractivity contribution in [1.82, 2.24) is 5.32 Å². The zero-order valence-electron chi connectivity index (χ0n) is 8.73. The molecule has 1 aromatic carbocycles. The van der Waals surface area contributed by atoms with E-state index < -0.39 is 0 Å². The van der Waals surface area contributed by atoms with Gasteiger partial charge in [-0.1, -0.05) is 0 Å². The van der Waals surface area contributed by atoms with Gasteiger partial charge in [0.05, 0.1) is 29.6 Å². The van der Waals surface area contributed by atoms with Gasteiger partial charge in [0.25, 0.3) is 0 Å². The highest BCUT2D eigenvalue weighted by Crippen LogP contribution is 2.24. The minimum absolute atomic E-state index is 0.0204. The van der Waals surface area contributed by atoms with Gasteiger partial charge in [-0.2, -0.15) is 5.26 Å². The number of amides is 1. The lowest BCUT2D eigenvalue weighted by Crippen LogP contribution is -2.47. The average molecular weight is 216 g/mol. The molecule has 5 heteroatoms. The Balaban J connectivity index is 2.31. The fourth-order valence-electron chi connectivity index (χ4n) is 1.73. The van der Waals surface area contributed by atoms with Crippen LogP contribution in [0, 0.1) is 11.3 Å². The summed E-state index contributed by atoms with van der Waals surface area (Å²) in [6, 6.07) is 7.14. The van der Waals surface area contributed by atoms with Crippen LogP contribution >= 0.6 is 0 Å². The Morgan fingerprint density at radius 1 is 1.50 bits per heavy atom. The van der Waals surface area contributed by atoms with Crippen LogP contribution in [0.25, 0.3) is 0 Å². The number of nitrogens with one attached hydrogen (secondary N) is 1. The molecule has 1 fully saturated rings. The number of hydrogen-bond donors (Lipinski definition) is 2. The normalized spacial score (nSPS) is 15.4. The van der Waals surface area contributed by atoms with E-state index in [9.17, 15) is 4.79 Å². The first-order valence-electron chi connectivity index (χ1n) is 5.02. The Hall–Kier alpha value is -2.22. The summed E-state index contributed by atoms with van der Waals surface area (Å²) in [7, 11) is 0. The number of piperazine rings is 1. The smallest absolute Gasteiger partial charge is 0.239 e. The topological polar surface area (TPSA) is 82.2 Å². The Bertz CT molecular complexity index is 464. The number of benzene rings is 1. The first kappa shape index (κ1) is 10.3. The van der Waals surface area contributed by atoms with Crippen molar-refractivity contribution in [2.24, 2.45) is 0 Å². The van der Waals surface area contributed by atoms with Crippen molar-refractivity contribution in [3.8, 4) is 6.07 Å². The molecule has 0 unspecified atom stereocenters. The van der Waals surface area contributed by atoms with Gasteiger partial charge in [-0.25, -0.2) is 0 Å². The molecule has 0 saturated carbocycles. The summed E-state index contributed by atoms with van der Waals surface area (Å²) in [5, 5.41) is 11.6. The quantitative estimate of drug-likeness (QED) is 0.651. The monoisotopic (exact) mass is 216 g/mol. The summed E-state index contributed by atoms with van der Waals surface area (Å²) in [6.07, 6.45) is 0. The number of nitrogens with two attached hydrogens (primary N) is 1. The van der Waals surface area contributed by atoms with Crippen LogP contribution in [0.5, 0.6) is 0 Å². The van der Waals surface area contributed by atoms with Crippen molar-refractivity contribution in [3.63, 3.8) is 0 Å². The van der Waals surface area contributed by atoms with E-state index in [0.29, 0.717) is 30.9 Å². The van der Waals surface area contributed by atoms with Crippen molar-refractivity contribution in [1.29, 1.82) is 5.26 Å². The second-order valence-corrected chi connectivity index (χ2v) is 3.66. The van der Waals surface area contributed by atoms with Gasteiger partial charge in [0.15, 0.2) is 0 Å². The van der Waals surface area contributed by atoms with E-state index in [2.05, 4.69) is 11.4 Å². The number of nitriles is 1. The lowest BCUT2D eigenvalue weighted by Gasteiger charge is -2.29. The number of nitrogen functional groups attached to an aromatic ring is 1. The number of anilines is 2. The summed E-state index contributed by atoms with van der Waals surface area (Å²) in [5.74, 6) is -0.0204. The van der Waals surface area contributed by atoms with Gasteiger partial charge in [0.2, 0.25) is 5.91 Å². The number of carbonyl (C=O) groups excluding carboxylic acids is 1. The van der Waals surface area contributed by atoms with Crippen molar-refractivity contribution in [3.05, 3.63) is 23.8 Å². The zero-order valence-corrected chi connectivity index (χ0v) is 8.73. The zero-order chi connectivity index (χ0) is 11.5. The molecule has 0 atom stereocenters. The van der Waals surface area contributed by atoms with Crippen LogP contribution in [0.4, 0.5) is 11.4 Å². The summed E-state index contributed by atoms with van der Waals surface area (Å²) in [5.41, 5.74) is 7.74. The van der Waals surface area contributed by atoms with Gasteiger partial charge in [-0.15, -0.1) is 0 Å². The van der Waals surface area contributed by atoms with Gasteiger partial charge >= 0.3 is 0 Å². The van der Waals surface area contributed by atoms with Crippen molar-refractivity contribution >= 4 is 17.3 Å². The van der Waals surface area contributed by atoms with Gasteiger partial charge in [0, 0.05) is 13.1 Å². The summed E-state index contributed by atoms with van der Waals surface area (Å²) >= 11 is 0. The first-order chi connectivity index (χ1) is 7.70. The largest absolute Gasteiger partial charge is 0.397 e. The molecule has 1 heterocycles. The van der Waals surface area contributed by atoms with Crippen molar-refractivity contribution in [2.75, 3.05) is 30.3 Å². The molecule has 1 aliphatic heterocycles. The molecule has 0 radical (unpaired) electrons. The van der Waals surface area contributed by atoms with E-state index in [-0.39, 0.29) is 5.91 Å². The molecule has 3 N–H and O–H groups in total.